The van der Waals surface area contributed by atoms with Crippen LogP contribution in [0.2, 0.25) is 0 Å². The number of primary amides is 1. The molecule has 1 aromatic rings. The quantitative estimate of drug-likeness (QED) is 0.849. The van der Waals surface area contributed by atoms with Gasteiger partial charge in [0, 0.05) is 22.4 Å². The third-order valence-electron chi connectivity index (χ3n) is 5.44. The van der Waals surface area contributed by atoms with Gasteiger partial charge in [0.25, 0.3) is 5.91 Å². The molecule has 0 radical (unpaired) electrons. The summed E-state index contributed by atoms with van der Waals surface area (Å²) in [4.78, 5) is 30.2. The Morgan fingerprint density at radius 3 is 2.42 bits per heavy atom. The van der Waals surface area contributed by atoms with E-state index in [4.69, 9.17) is 5.73 Å². The van der Waals surface area contributed by atoms with Gasteiger partial charge in [0.2, 0.25) is 5.91 Å². The Morgan fingerprint density at radius 1 is 1.19 bits per heavy atom. The molecule has 0 bridgehead atoms. The molecule has 0 unspecified atom stereocenters. The van der Waals surface area contributed by atoms with Gasteiger partial charge in [-0.05, 0) is 38.2 Å². The van der Waals surface area contributed by atoms with Crippen molar-refractivity contribution in [3.63, 3.8) is 0 Å². The average Bonchev–Trinajstić information content (AvgIpc) is 2.62. The molecule has 2 aliphatic rings. The van der Waals surface area contributed by atoms with Crippen molar-refractivity contribution in [3.05, 3.63) is 41.6 Å². The lowest BCUT2D eigenvalue weighted by Crippen LogP contribution is -2.50. The van der Waals surface area contributed by atoms with Crippen LogP contribution in [0.15, 0.2) is 46.6 Å². The third kappa shape index (κ3) is 3.30. The van der Waals surface area contributed by atoms with Gasteiger partial charge >= 0.3 is 0 Å². The first-order chi connectivity index (χ1) is 12.5. The van der Waals surface area contributed by atoms with Crippen LogP contribution in [-0.4, -0.2) is 23.1 Å². The number of para-hydroxylation sites is 1. The van der Waals surface area contributed by atoms with E-state index in [0.717, 1.165) is 42.8 Å². The summed E-state index contributed by atoms with van der Waals surface area (Å²) >= 11 is 1.45. The second-order valence-electron chi connectivity index (χ2n) is 6.99. The van der Waals surface area contributed by atoms with E-state index >= 15 is 0 Å². The maximum Gasteiger partial charge on any atom is 0.254 e. The van der Waals surface area contributed by atoms with Crippen molar-refractivity contribution >= 4 is 34.3 Å². The van der Waals surface area contributed by atoms with Crippen LogP contribution in [0.1, 0.15) is 39.0 Å². The van der Waals surface area contributed by atoms with Crippen LogP contribution in [0.4, 0.5) is 5.69 Å². The number of nitrogens with one attached hydrogen (secondary N) is 1. The van der Waals surface area contributed by atoms with E-state index in [0.29, 0.717) is 11.3 Å². The molecule has 5 nitrogen and oxygen atoms in total. The molecular formula is C20H25N3O2S. The molecule has 6 heteroatoms. The molecule has 1 fully saturated rings. The van der Waals surface area contributed by atoms with E-state index in [9.17, 15) is 9.59 Å². The number of allylic oxidation sites excluding steroid dienone is 1. The van der Waals surface area contributed by atoms with Crippen LogP contribution in [0.25, 0.3) is 0 Å². The highest BCUT2D eigenvalue weighted by atomic mass is 32.2. The number of anilines is 1. The fraction of sp³-hybridized carbons (Fsp3) is 0.450. The highest BCUT2D eigenvalue weighted by molar-refractivity contribution is 8.13. The number of carbonyl (C=O) groups excluding carboxylic acids is 2. The van der Waals surface area contributed by atoms with Gasteiger partial charge in [-0.25, -0.2) is 4.99 Å². The predicted molar refractivity (Wildman–Crippen MR) is 107 cm³/mol. The van der Waals surface area contributed by atoms with Gasteiger partial charge in [0.15, 0.2) is 0 Å². The summed E-state index contributed by atoms with van der Waals surface area (Å²) in [5.74, 6) is -1.10. The van der Waals surface area contributed by atoms with Crippen LogP contribution >= 0.6 is 11.8 Å². The SMILES string of the molecule is CSC1=NC(C)=C(C(=O)Nc2ccccc2)C2(CCCCC2)[C@@H]1C(N)=O. The molecule has 0 saturated heterocycles. The number of benzene rings is 1. The van der Waals surface area contributed by atoms with Crippen molar-refractivity contribution in [2.45, 2.75) is 39.0 Å². The third-order valence-corrected chi connectivity index (χ3v) is 6.18. The van der Waals surface area contributed by atoms with Gasteiger partial charge in [-0.15, -0.1) is 11.8 Å². The summed E-state index contributed by atoms with van der Waals surface area (Å²) in [6, 6.07) is 9.37. The molecule has 1 aliphatic carbocycles. The Labute approximate surface area is 158 Å². The highest BCUT2D eigenvalue weighted by Crippen LogP contribution is 2.53. The van der Waals surface area contributed by atoms with Crippen molar-refractivity contribution in [3.8, 4) is 0 Å². The largest absolute Gasteiger partial charge is 0.369 e. The Kier molecular flexibility index (Phi) is 5.51. The number of carbonyl (C=O) groups is 2. The minimum atomic E-state index is -0.548. The first-order valence-corrected chi connectivity index (χ1v) is 10.2. The number of rotatable bonds is 3. The molecular weight excluding hydrogens is 346 g/mol. The van der Waals surface area contributed by atoms with Crippen molar-refractivity contribution in [1.82, 2.24) is 0 Å². The Morgan fingerprint density at radius 2 is 1.85 bits per heavy atom. The Balaban J connectivity index is 2.07. The minimum absolute atomic E-state index is 0.175. The number of nitrogens with two attached hydrogens (primary N) is 1. The van der Waals surface area contributed by atoms with Gasteiger partial charge in [-0.3, -0.25) is 9.59 Å². The summed E-state index contributed by atoms with van der Waals surface area (Å²) in [7, 11) is 0. The van der Waals surface area contributed by atoms with Crippen molar-refractivity contribution in [2.75, 3.05) is 11.6 Å². The fourth-order valence-electron chi connectivity index (χ4n) is 4.41. The van der Waals surface area contributed by atoms with Crippen LogP contribution in [0.5, 0.6) is 0 Å². The molecule has 2 amide bonds. The summed E-state index contributed by atoms with van der Waals surface area (Å²) in [6.45, 7) is 1.86. The van der Waals surface area contributed by atoms with E-state index in [1.807, 2.05) is 43.5 Å². The van der Waals surface area contributed by atoms with Gasteiger partial charge in [-0.2, -0.15) is 0 Å². The Bertz CT molecular complexity index is 765. The first kappa shape index (κ1) is 18.7. The first-order valence-electron chi connectivity index (χ1n) is 8.99. The number of thioether (sulfide) groups is 1. The van der Waals surface area contributed by atoms with Gasteiger partial charge in [-0.1, -0.05) is 37.5 Å². The number of hydrogen-bond donors (Lipinski definition) is 2. The lowest BCUT2D eigenvalue weighted by molar-refractivity contribution is -0.123. The van der Waals surface area contributed by atoms with Crippen LogP contribution < -0.4 is 11.1 Å². The highest BCUT2D eigenvalue weighted by Gasteiger charge is 2.52. The van der Waals surface area contributed by atoms with Crippen LogP contribution in [0, 0.1) is 11.3 Å². The smallest absolute Gasteiger partial charge is 0.254 e. The van der Waals surface area contributed by atoms with E-state index in [-0.39, 0.29) is 5.91 Å². The molecule has 1 heterocycles. The molecule has 1 atom stereocenters. The summed E-state index contributed by atoms with van der Waals surface area (Å²) < 4.78 is 0. The lowest BCUT2D eigenvalue weighted by Gasteiger charge is -2.46. The molecule has 0 aromatic heterocycles. The molecule has 1 aromatic carbocycles. The number of aliphatic imine (C=N–C) groups is 1. The van der Waals surface area contributed by atoms with E-state index in [1.165, 1.54) is 11.8 Å². The summed E-state index contributed by atoms with van der Waals surface area (Å²) in [5, 5.41) is 3.71. The second-order valence-corrected chi connectivity index (χ2v) is 7.81. The summed E-state index contributed by atoms with van der Waals surface area (Å²) in [5.41, 5.74) is 7.32. The van der Waals surface area contributed by atoms with Gasteiger partial charge in [0.1, 0.15) is 0 Å². The van der Waals surface area contributed by atoms with E-state index in [2.05, 4.69) is 10.3 Å². The fourth-order valence-corrected chi connectivity index (χ4v) is 5.22. The topological polar surface area (TPSA) is 84.6 Å². The maximum absolute atomic E-state index is 13.2. The molecule has 1 saturated carbocycles. The Hall–Kier alpha value is -2.08. The normalized spacial score (nSPS) is 22.1. The molecule has 3 N–H and O–H groups in total. The molecule has 26 heavy (non-hydrogen) atoms. The lowest BCUT2D eigenvalue weighted by atomic mass is 9.60. The zero-order valence-corrected chi connectivity index (χ0v) is 16.1. The van der Waals surface area contributed by atoms with E-state index in [1.54, 1.807) is 0 Å². The number of nitrogens with zero attached hydrogens (tertiary/aromatic N) is 1. The van der Waals surface area contributed by atoms with Gasteiger partial charge < -0.3 is 11.1 Å². The average molecular weight is 372 g/mol. The van der Waals surface area contributed by atoms with Crippen molar-refractivity contribution in [2.24, 2.45) is 22.1 Å². The standard InChI is InChI=1S/C20H25N3O2S/c1-13-15(18(25)23-14-9-5-3-6-10-14)20(11-7-4-8-12-20)16(17(21)24)19(22-13)26-2/h3,5-6,9-10,16H,4,7-8,11-12H2,1-2H3,(H2,21,24)(H,23,25)/t16-/m1/s1. The molecule has 3 rings (SSSR count). The van der Waals surface area contributed by atoms with Crippen molar-refractivity contribution < 1.29 is 9.59 Å². The van der Waals surface area contributed by atoms with Crippen LogP contribution in [0.3, 0.4) is 0 Å². The molecule has 1 spiro atoms. The predicted octanol–water partition coefficient (Wildman–Crippen LogP) is 3.73. The van der Waals surface area contributed by atoms with Crippen LogP contribution in [-0.2, 0) is 9.59 Å². The maximum atomic E-state index is 13.2. The summed E-state index contributed by atoms with van der Waals surface area (Å²) in [6.07, 6.45) is 6.57. The number of amides is 2. The molecule has 138 valence electrons. The monoisotopic (exact) mass is 371 g/mol. The van der Waals surface area contributed by atoms with Crippen molar-refractivity contribution in [1.29, 1.82) is 0 Å². The zero-order chi connectivity index (χ0) is 18.7. The van der Waals surface area contributed by atoms with Gasteiger partial charge in [0.05, 0.1) is 11.0 Å². The number of hydrogen-bond acceptors (Lipinski definition) is 4. The molecule has 1 aliphatic heterocycles. The minimum Gasteiger partial charge on any atom is -0.369 e. The zero-order valence-electron chi connectivity index (χ0n) is 15.2. The second kappa shape index (κ2) is 7.66. The van der Waals surface area contributed by atoms with E-state index < -0.39 is 17.2 Å².